The molecule has 0 atom stereocenters. The van der Waals surface area contributed by atoms with E-state index >= 15 is 0 Å². The van der Waals surface area contributed by atoms with Crippen LogP contribution < -0.4 is 0 Å². The van der Waals surface area contributed by atoms with E-state index in [0.29, 0.717) is 17.9 Å². The standard InChI is InChI=1S/C14H22N4.3C8H6N2.3C4H4N2.12C4H10/c1-8(2)11-12-14(17-13(16-11)9(3)4)18(7-15-12)10(5)6;1-2-4-8-7(3-1)5-9-6-10-8;1-2-4-8-6-10-9-5-7(8)3-1;1-2-4-8-7(3-1)9-5-6-10-8;1-2-6-4-3-5-1;1-2-5-4-6-3-1;1-2-4-6-5-3-1;12*1-4(2)3/h7-10H,1-6H3;3*1-6H;3*1-4H;12*4H,1-3H3. The topological polar surface area (TPSA) is 198 Å². The highest BCUT2D eigenvalue weighted by Crippen LogP contribution is 2.25. The van der Waals surface area contributed by atoms with Gasteiger partial charge in [0, 0.05) is 96.3 Å². The van der Waals surface area contributed by atoms with Gasteiger partial charge in [0.25, 0.3) is 0 Å². The first-order chi connectivity index (χ1) is 53.1. The molecule has 0 saturated heterocycles. The Morgan fingerprint density at radius 3 is 0.807 bits per heavy atom. The van der Waals surface area contributed by atoms with Crippen molar-refractivity contribution in [1.82, 2.24) is 79.8 Å². The largest absolute Gasteiger partial charge is 0.313 e. The molecule has 0 aliphatic rings. The van der Waals surface area contributed by atoms with Crippen LogP contribution in [0.25, 0.3) is 43.9 Å². The molecular formula is C98H172N16. The van der Waals surface area contributed by atoms with Crippen LogP contribution in [0, 0.1) is 71.0 Å². The number of para-hydroxylation sites is 3. The number of fused-ring (bicyclic) bond motifs is 4. The van der Waals surface area contributed by atoms with Crippen LogP contribution in [0.15, 0.2) is 191 Å². The zero-order valence-corrected chi connectivity index (χ0v) is 80.7. The van der Waals surface area contributed by atoms with Crippen molar-refractivity contribution in [3.63, 3.8) is 0 Å². The molecule has 0 aliphatic heterocycles. The third kappa shape index (κ3) is 108. The summed E-state index contributed by atoms with van der Waals surface area (Å²) in [5.41, 5.74) is 5.87. The van der Waals surface area contributed by atoms with E-state index in [-0.39, 0.29) is 0 Å². The van der Waals surface area contributed by atoms with Gasteiger partial charge in [0.05, 0.1) is 41.0 Å². The molecule has 0 saturated carbocycles. The number of aromatic nitrogens is 16. The van der Waals surface area contributed by atoms with Crippen molar-refractivity contribution in [3.8, 4) is 0 Å². The highest BCUT2D eigenvalue weighted by molar-refractivity contribution is 5.80. The lowest BCUT2D eigenvalue weighted by Gasteiger charge is -2.12. The Balaban J connectivity index is -0.000000178. The number of rotatable bonds is 3. The summed E-state index contributed by atoms with van der Waals surface area (Å²) in [6.07, 6.45) is 26.9. The van der Waals surface area contributed by atoms with Gasteiger partial charge in [-0.15, -0.1) is 0 Å². The first kappa shape index (κ1) is 121. The zero-order valence-electron chi connectivity index (χ0n) is 80.7. The Morgan fingerprint density at radius 2 is 0.553 bits per heavy atom. The Hall–Kier alpha value is -8.53. The fourth-order valence-electron chi connectivity index (χ4n) is 5.52. The first-order valence-electron chi connectivity index (χ1n) is 41.9. The third-order valence-corrected chi connectivity index (χ3v) is 8.77. The monoisotopic (exact) mass is 1570 g/mol. The van der Waals surface area contributed by atoms with Gasteiger partial charge < -0.3 is 4.57 Å². The summed E-state index contributed by atoms with van der Waals surface area (Å²) in [5, 5.41) is 18.0. The van der Waals surface area contributed by atoms with Crippen LogP contribution in [-0.4, -0.2) is 79.8 Å². The molecule has 8 heterocycles. The number of imidazole rings is 1. The van der Waals surface area contributed by atoms with Crippen LogP contribution in [0.5, 0.6) is 0 Å². The van der Waals surface area contributed by atoms with Gasteiger partial charge in [-0.25, -0.2) is 34.9 Å². The third-order valence-electron chi connectivity index (χ3n) is 8.77. The van der Waals surface area contributed by atoms with Gasteiger partial charge >= 0.3 is 0 Å². The molecule has 11 rings (SSSR count). The lowest BCUT2D eigenvalue weighted by molar-refractivity contribution is 0.609. The summed E-state index contributed by atoms with van der Waals surface area (Å²) in [7, 11) is 0. The van der Waals surface area contributed by atoms with Crippen molar-refractivity contribution in [3.05, 3.63) is 202 Å². The minimum atomic E-state index is 0.336. The average Bonchev–Trinajstić information content (AvgIpc) is 1.62. The first-order valence-corrected chi connectivity index (χ1v) is 41.9. The van der Waals surface area contributed by atoms with Crippen LogP contribution in [0.1, 0.15) is 320 Å². The van der Waals surface area contributed by atoms with E-state index in [0.717, 1.165) is 126 Å². The number of hydrogen-bond donors (Lipinski definition) is 0. The molecule has 0 spiro atoms. The summed E-state index contributed by atoms with van der Waals surface area (Å²) < 4.78 is 2.12. The minimum Gasteiger partial charge on any atom is -0.313 e. The van der Waals surface area contributed by atoms with E-state index in [1.165, 1.54) is 6.33 Å². The molecular weight excluding hydrogens is 1400 g/mol. The van der Waals surface area contributed by atoms with Gasteiger partial charge in [-0.3, -0.25) is 19.9 Å². The second-order valence-corrected chi connectivity index (χ2v) is 35.4. The fraction of sp³-hybridized carbons (Fsp3) is 0.582. The molecule has 0 unspecified atom stereocenters. The summed E-state index contributed by atoms with van der Waals surface area (Å²) in [6, 6.07) is 29.5. The summed E-state index contributed by atoms with van der Waals surface area (Å²) >= 11 is 0. The molecule has 16 heteroatoms. The second-order valence-electron chi connectivity index (χ2n) is 35.4. The lowest BCUT2D eigenvalue weighted by atomic mass is 10.1. The molecule has 0 N–H and O–H groups in total. The normalized spacial score (nSPS) is 9.62. The molecule has 114 heavy (non-hydrogen) atoms. The predicted molar refractivity (Wildman–Crippen MR) is 505 cm³/mol. The highest BCUT2D eigenvalue weighted by atomic mass is 15.1. The van der Waals surface area contributed by atoms with Crippen LogP contribution in [0.2, 0.25) is 0 Å². The molecule has 0 bridgehead atoms. The molecule has 0 aliphatic carbocycles. The summed E-state index contributed by atoms with van der Waals surface area (Å²) in [4.78, 5) is 44.9. The van der Waals surface area contributed by atoms with Gasteiger partial charge in [-0.05, 0) is 127 Å². The minimum absolute atomic E-state index is 0.336. The predicted octanol–water partition coefficient (Wildman–Crippen LogP) is 29.9. The van der Waals surface area contributed by atoms with Crippen LogP contribution in [0.3, 0.4) is 0 Å². The molecule has 0 radical (unpaired) electrons. The number of benzene rings is 3. The molecule has 11 aromatic rings. The van der Waals surface area contributed by atoms with Crippen LogP contribution in [-0.2, 0) is 0 Å². The molecule has 3 aromatic carbocycles. The van der Waals surface area contributed by atoms with E-state index in [2.05, 4.69) is 371 Å². The van der Waals surface area contributed by atoms with Gasteiger partial charge in [0.2, 0.25) is 0 Å². The Bertz CT molecular complexity index is 2960. The molecule has 8 aromatic heterocycles. The van der Waals surface area contributed by atoms with Gasteiger partial charge in [0.15, 0.2) is 5.65 Å². The molecule has 0 amide bonds. The van der Waals surface area contributed by atoms with Gasteiger partial charge in [-0.1, -0.05) is 332 Å². The van der Waals surface area contributed by atoms with E-state index in [4.69, 9.17) is 0 Å². The molecule has 0 fully saturated rings. The van der Waals surface area contributed by atoms with Crippen molar-refractivity contribution in [2.75, 3.05) is 0 Å². The lowest BCUT2D eigenvalue weighted by Crippen LogP contribution is -2.07. The number of nitrogens with zero attached hydrogens (tertiary/aromatic N) is 16. The van der Waals surface area contributed by atoms with E-state index < -0.39 is 0 Å². The van der Waals surface area contributed by atoms with Gasteiger partial charge in [-0.2, -0.15) is 20.4 Å². The molecule has 644 valence electrons. The van der Waals surface area contributed by atoms with Crippen LogP contribution in [0.4, 0.5) is 0 Å². The summed E-state index contributed by atoms with van der Waals surface area (Å²) in [5.74, 6) is 11.6. The fourth-order valence-corrected chi connectivity index (χ4v) is 5.52. The van der Waals surface area contributed by atoms with Crippen molar-refractivity contribution in [1.29, 1.82) is 0 Å². The summed E-state index contributed by atoms with van der Waals surface area (Å²) in [6.45, 7) is 90.9. The smallest absolute Gasteiger partial charge is 0.164 e. The van der Waals surface area contributed by atoms with Crippen LogP contribution >= 0.6 is 0 Å². The maximum Gasteiger partial charge on any atom is 0.164 e. The van der Waals surface area contributed by atoms with Crippen molar-refractivity contribution >= 4 is 43.9 Å². The Labute approximate surface area is 701 Å². The Kier molecular flexibility index (Phi) is 89.2. The van der Waals surface area contributed by atoms with E-state index in [1.54, 1.807) is 86.8 Å². The Morgan fingerprint density at radius 1 is 0.237 bits per heavy atom. The van der Waals surface area contributed by atoms with Crippen molar-refractivity contribution in [2.24, 2.45) is 71.0 Å². The number of hydrogen-bond acceptors (Lipinski definition) is 15. The van der Waals surface area contributed by atoms with Crippen molar-refractivity contribution < 1.29 is 0 Å². The van der Waals surface area contributed by atoms with Gasteiger partial charge in [0.1, 0.15) is 24.0 Å². The van der Waals surface area contributed by atoms with Crippen molar-refractivity contribution in [2.45, 2.75) is 309 Å². The van der Waals surface area contributed by atoms with E-state index in [1.807, 2.05) is 97.5 Å². The maximum absolute atomic E-state index is 4.69. The second kappa shape index (κ2) is 83.9. The SMILES string of the molecule is CC(C)C.CC(C)C.CC(C)C.CC(C)C.CC(C)C.CC(C)C.CC(C)C.CC(C)C.CC(C)C.CC(C)C.CC(C)C.CC(C)C.CC(C)c1nc(C(C)C)c2ncn(C(C)C)c2n1.c1ccc2cnncc2c1.c1ccc2nccnc2c1.c1ccc2ncncc2c1.c1ccnnc1.c1cnccn1.c1cncnc1. The zero-order chi connectivity index (χ0) is 89.5. The highest BCUT2D eigenvalue weighted by Gasteiger charge is 2.18. The quantitative estimate of drug-likeness (QED) is 0.162. The average molecular weight is 1570 g/mol. The maximum atomic E-state index is 4.69. The molecule has 16 nitrogen and oxygen atoms in total. The van der Waals surface area contributed by atoms with E-state index in [9.17, 15) is 0 Å².